The van der Waals surface area contributed by atoms with Crippen molar-refractivity contribution in [2.75, 3.05) is 5.32 Å². The molecule has 6 nitrogen and oxygen atoms in total. The minimum absolute atomic E-state index is 0.264. The van der Waals surface area contributed by atoms with Crippen molar-refractivity contribution in [3.63, 3.8) is 0 Å². The topological polar surface area (TPSA) is 79.9 Å². The van der Waals surface area contributed by atoms with Crippen molar-refractivity contribution in [3.05, 3.63) is 71.8 Å². The number of carbonyl (C=O) groups is 1. The number of anilines is 1. The zero-order valence-corrected chi connectivity index (χ0v) is 12.6. The van der Waals surface area contributed by atoms with Crippen LogP contribution in [0.2, 0.25) is 0 Å². The average molecular weight is 316 g/mol. The lowest BCUT2D eigenvalue weighted by molar-refractivity contribution is 0.101. The maximum atomic E-state index is 12.6. The second-order valence-corrected chi connectivity index (χ2v) is 5.28. The molecule has 6 heteroatoms. The number of hydrogen-bond donors (Lipinski definition) is 1. The summed E-state index contributed by atoms with van der Waals surface area (Å²) >= 11 is 0. The van der Waals surface area contributed by atoms with E-state index >= 15 is 0 Å². The molecule has 0 radical (unpaired) electrons. The molecule has 0 spiro atoms. The summed E-state index contributed by atoms with van der Waals surface area (Å²) in [6.45, 7) is 0.264. The summed E-state index contributed by atoms with van der Waals surface area (Å²) in [6, 6.07) is 16.5. The van der Waals surface area contributed by atoms with Crippen LogP contribution in [0.25, 0.3) is 5.69 Å². The Morgan fingerprint density at radius 3 is 2.88 bits per heavy atom. The Kier molecular flexibility index (Phi) is 3.25. The molecule has 0 unspecified atom stereocenters. The van der Waals surface area contributed by atoms with E-state index in [2.05, 4.69) is 16.4 Å². The summed E-state index contributed by atoms with van der Waals surface area (Å²) in [7, 11) is 0. The van der Waals surface area contributed by atoms with Crippen LogP contribution in [0.3, 0.4) is 0 Å². The fourth-order valence-corrected chi connectivity index (χ4v) is 2.70. The number of imidazole rings is 1. The Morgan fingerprint density at radius 1 is 1.21 bits per heavy atom. The van der Waals surface area contributed by atoms with Gasteiger partial charge >= 0.3 is 0 Å². The molecule has 1 amide bonds. The predicted octanol–water partition coefficient (Wildman–Crippen LogP) is 2.89. The molecule has 1 aliphatic heterocycles. The van der Waals surface area contributed by atoms with Crippen molar-refractivity contribution in [3.8, 4) is 17.5 Å². The van der Waals surface area contributed by atoms with Crippen LogP contribution in [0.1, 0.15) is 21.7 Å². The van der Waals surface area contributed by atoms with Crippen molar-refractivity contribution in [2.45, 2.75) is 6.61 Å². The highest BCUT2D eigenvalue weighted by Crippen LogP contribution is 2.30. The third-order valence-electron chi connectivity index (χ3n) is 3.87. The predicted molar refractivity (Wildman–Crippen MR) is 87.0 cm³/mol. The van der Waals surface area contributed by atoms with Crippen LogP contribution in [-0.4, -0.2) is 15.5 Å². The second-order valence-electron chi connectivity index (χ2n) is 5.28. The average Bonchev–Trinajstić information content (AvgIpc) is 3.07. The van der Waals surface area contributed by atoms with Crippen LogP contribution in [0.4, 0.5) is 5.69 Å². The molecule has 2 aromatic carbocycles. The van der Waals surface area contributed by atoms with Crippen LogP contribution in [0.15, 0.2) is 54.9 Å². The Morgan fingerprint density at radius 2 is 2.00 bits per heavy atom. The minimum atomic E-state index is -0.366. The first-order valence-electron chi connectivity index (χ1n) is 7.37. The first kappa shape index (κ1) is 14.0. The number of nitrogens with zero attached hydrogens (tertiary/aromatic N) is 3. The van der Waals surface area contributed by atoms with Gasteiger partial charge in [-0.2, -0.15) is 5.26 Å². The summed E-state index contributed by atoms with van der Waals surface area (Å²) in [5, 5.41) is 11.9. The maximum Gasteiger partial charge on any atom is 0.276 e. The number of carbonyl (C=O) groups excluding carboxylic acids is 1. The van der Waals surface area contributed by atoms with E-state index in [1.807, 2.05) is 28.8 Å². The number of hydrogen-bond acceptors (Lipinski definition) is 4. The van der Waals surface area contributed by atoms with Gasteiger partial charge in [0.05, 0.1) is 22.6 Å². The van der Waals surface area contributed by atoms with Gasteiger partial charge in [-0.05, 0) is 24.3 Å². The van der Waals surface area contributed by atoms with E-state index < -0.39 is 0 Å². The zero-order chi connectivity index (χ0) is 16.5. The van der Waals surface area contributed by atoms with Crippen molar-refractivity contribution < 1.29 is 9.53 Å². The lowest BCUT2D eigenvalue weighted by Gasteiger charge is -2.20. The normalized spacial score (nSPS) is 11.6. The molecule has 3 aromatic rings. The highest BCUT2D eigenvalue weighted by Gasteiger charge is 2.24. The molecular formula is C18H12N4O2. The van der Waals surface area contributed by atoms with E-state index in [1.165, 1.54) is 0 Å². The fraction of sp³-hybridized carbons (Fsp3) is 0.0556. The molecule has 0 atom stereocenters. The van der Waals surface area contributed by atoms with Gasteiger partial charge in [0.15, 0.2) is 5.69 Å². The SMILES string of the molecule is N#Cc1ccccc1NC(=O)c1ncn2c1COc1ccccc1-2. The maximum absolute atomic E-state index is 12.6. The highest BCUT2D eigenvalue weighted by atomic mass is 16.5. The monoisotopic (exact) mass is 316 g/mol. The molecule has 0 saturated heterocycles. The van der Waals surface area contributed by atoms with E-state index in [-0.39, 0.29) is 18.2 Å². The molecule has 24 heavy (non-hydrogen) atoms. The number of aromatic nitrogens is 2. The molecule has 0 aliphatic carbocycles. The smallest absolute Gasteiger partial charge is 0.276 e. The zero-order valence-electron chi connectivity index (χ0n) is 12.6. The Hall–Kier alpha value is -3.59. The number of fused-ring (bicyclic) bond motifs is 3. The van der Waals surface area contributed by atoms with Gasteiger partial charge < -0.3 is 10.1 Å². The van der Waals surface area contributed by atoms with Crippen molar-refractivity contribution in [1.82, 2.24) is 9.55 Å². The van der Waals surface area contributed by atoms with Crippen LogP contribution in [-0.2, 0) is 6.61 Å². The van der Waals surface area contributed by atoms with Gasteiger partial charge in [0.25, 0.3) is 5.91 Å². The molecule has 2 heterocycles. The summed E-state index contributed by atoms with van der Waals surface area (Å²) in [5.74, 6) is 0.388. The van der Waals surface area contributed by atoms with E-state index in [9.17, 15) is 4.79 Å². The molecule has 4 rings (SSSR count). The van der Waals surface area contributed by atoms with Crippen molar-refractivity contribution in [1.29, 1.82) is 5.26 Å². The number of amides is 1. The van der Waals surface area contributed by atoms with Gasteiger partial charge in [0.1, 0.15) is 24.8 Å². The molecular weight excluding hydrogens is 304 g/mol. The van der Waals surface area contributed by atoms with Crippen molar-refractivity contribution in [2.24, 2.45) is 0 Å². The third kappa shape index (κ3) is 2.20. The quantitative estimate of drug-likeness (QED) is 0.788. The third-order valence-corrected chi connectivity index (χ3v) is 3.87. The molecule has 1 aliphatic rings. The standard InChI is InChI=1S/C18H12N4O2/c19-9-12-5-1-2-6-13(12)21-18(23)17-15-10-24-16-8-4-3-7-14(16)22(15)11-20-17/h1-8,11H,10H2,(H,21,23). The van der Waals surface area contributed by atoms with Crippen LogP contribution in [0.5, 0.6) is 5.75 Å². The number of nitrogens with one attached hydrogen (secondary N) is 1. The molecule has 0 saturated carbocycles. The van der Waals surface area contributed by atoms with E-state index in [1.54, 1.807) is 30.6 Å². The molecule has 0 bridgehead atoms. The number of nitriles is 1. The van der Waals surface area contributed by atoms with Gasteiger partial charge in [0, 0.05) is 0 Å². The lowest BCUT2D eigenvalue weighted by Crippen LogP contribution is -2.19. The summed E-state index contributed by atoms with van der Waals surface area (Å²) in [6.07, 6.45) is 1.61. The highest BCUT2D eigenvalue weighted by molar-refractivity contribution is 6.04. The Labute approximate surface area is 137 Å². The minimum Gasteiger partial charge on any atom is -0.485 e. The van der Waals surface area contributed by atoms with Crippen LogP contribution >= 0.6 is 0 Å². The molecule has 116 valence electrons. The number of ether oxygens (including phenoxy) is 1. The van der Waals surface area contributed by atoms with Gasteiger partial charge in [-0.25, -0.2) is 4.98 Å². The van der Waals surface area contributed by atoms with E-state index in [0.29, 0.717) is 16.9 Å². The van der Waals surface area contributed by atoms with E-state index in [4.69, 9.17) is 10.00 Å². The summed E-state index contributed by atoms with van der Waals surface area (Å²) in [5.41, 5.74) is 2.69. The van der Waals surface area contributed by atoms with Gasteiger partial charge in [-0.1, -0.05) is 24.3 Å². The van der Waals surface area contributed by atoms with Crippen LogP contribution in [0, 0.1) is 11.3 Å². The number of rotatable bonds is 2. The van der Waals surface area contributed by atoms with Crippen LogP contribution < -0.4 is 10.1 Å². The van der Waals surface area contributed by atoms with E-state index in [0.717, 1.165) is 11.4 Å². The second kappa shape index (κ2) is 5.56. The molecule has 1 aromatic heterocycles. The largest absolute Gasteiger partial charge is 0.485 e. The van der Waals surface area contributed by atoms with Gasteiger partial charge in [-0.15, -0.1) is 0 Å². The molecule has 0 fully saturated rings. The summed E-state index contributed by atoms with van der Waals surface area (Å²) < 4.78 is 7.55. The number of para-hydroxylation sites is 3. The lowest BCUT2D eigenvalue weighted by atomic mass is 10.2. The Balaban J connectivity index is 1.69. The first-order valence-corrected chi connectivity index (χ1v) is 7.37. The van der Waals surface area contributed by atoms with Gasteiger partial charge in [-0.3, -0.25) is 9.36 Å². The van der Waals surface area contributed by atoms with Gasteiger partial charge in [0.2, 0.25) is 0 Å². The summed E-state index contributed by atoms with van der Waals surface area (Å²) in [4.78, 5) is 16.8. The van der Waals surface area contributed by atoms with Crippen molar-refractivity contribution >= 4 is 11.6 Å². The first-order chi connectivity index (χ1) is 11.8. The molecule has 1 N–H and O–H groups in total. The number of benzene rings is 2. The Bertz CT molecular complexity index is 985. The fourth-order valence-electron chi connectivity index (χ4n) is 2.70.